The van der Waals surface area contributed by atoms with E-state index >= 15 is 0 Å². The molecule has 38 heavy (non-hydrogen) atoms. The van der Waals surface area contributed by atoms with Crippen molar-refractivity contribution in [2.45, 2.75) is 32.9 Å². The number of para-hydroxylation sites is 2. The lowest BCUT2D eigenvalue weighted by Gasteiger charge is -2.31. The first-order chi connectivity index (χ1) is 18.5. The molecule has 9 heteroatoms. The zero-order valence-corrected chi connectivity index (χ0v) is 21.0. The minimum absolute atomic E-state index is 0.0621. The summed E-state index contributed by atoms with van der Waals surface area (Å²) in [6.45, 7) is 4.40. The molecule has 1 aliphatic rings. The molecule has 6 rings (SSSR count). The van der Waals surface area contributed by atoms with Crippen LogP contribution >= 0.6 is 0 Å². The molecule has 0 fully saturated rings. The van der Waals surface area contributed by atoms with Gasteiger partial charge < -0.3 is 4.57 Å². The summed E-state index contributed by atoms with van der Waals surface area (Å²) >= 11 is 0. The topological polar surface area (TPSA) is 85.9 Å². The molecule has 3 aromatic carbocycles. The zero-order chi connectivity index (χ0) is 26.4. The normalized spacial score (nSPS) is 14.8. The lowest BCUT2D eigenvalue weighted by molar-refractivity contribution is 0.0514. The van der Waals surface area contributed by atoms with Crippen LogP contribution in [0.5, 0.6) is 0 Å². The molecule has 0 bridgehead atoms. The molecule has 2 aromatic heterocycles. The number of amides is 2. The number of fused-ring (bicyclic) bond motifs is 2. The van der Waals surface area contributed by atoms with Gasteiger partial charge in [0.2, 0.25) is 0 Å². The van der Waals surface area contributed by atoms with Gasteiger partial charge in [0, 0.05) is 0 Å². The van der Waals surface area contributed by atoms with Crippen LogP contribution in [0.3, 0.4) is 0 Å². The molecule has 1 aliphatic heterocycles. The number of rotatable bonds is 7. The van der Waals surface area contributed by atoms with Crippen molar-refractivity contribution in [3.63, 3.8) is 0 Å². The maximum atomic E-state index is 13.6. The zero-order valence-electron chi connectivity index (χ0n) is 21.0. The quantitative estimate of drug-likeness (QED) is 0.283. The summed E-state index contributed by atoms with van der Waals surface area (Å²) in [5.74, 6) is -0.412. The van der Waals surface area contributed by atoms with Crippen molar-refractivity contribution in [1.82, 2.24) is 29.4 Å². The van der Waals surface area contributed by atoms with E-state index in [4.69, 9.17) is 4.98 Å². The second-order valence-electron chi connectivity index (χ2n) is 9.51. The first-order valence-electron chi connectivity index (χ1n) is 12.6. The second kappa shape index (κ2) is 9.33. The van der Waals surface area contributed by atoms with Crippen LogP contribution in [-0.4, -0.2) is 41.3 Å². The number of carbonyl (C=O) groups excluding carboxylic acids is 2. The average molecular weight is 509 g/mol. The fourth-order valence-electron chi connectivity index (χ4n) is 5.12. The van der Waals surface area contributed by atoms with Gasteiger partial charge in [-0.15, -0.1) is 5.10 Å². The molecule has 0 radical (unpaired) electrons. The van der Waals surface area contributed by atoms with Crippen LogP contribution in [-0.2, 0) is 6.54 Å². The predicted octanol–water partition coefficient (Wildman–Crippen LogP) is 5.19. The highest BCUT2D eigenvalue weighted by atomic mass is 19.1. The van der Waals surface area contributed by atoms with Gasteiger partial charge in [0.1, 0.15) is 17.7 Å². The Morgan fingerprint density at radius 1 is 0.895 bits per heavy atom. The smallest absolute Gasteiger partial charge is 0.262 e. The number of aromatic nitrogens is 5. The van der Waals surface area contributed by atoms with Crippen molar-refractivity contribution in [2.24, 2.45) is 5.92 Å². The maximum Gasteiger partial charge on any atom is 0.262 e. The van der Waals surface area contributed by atoms with Gasteiger partial charge in [0.25, 0.3) is 11.8 Å². The van der Waals surface area contributed by atoms with Crippen molar-refractivity contribution >= 4 is 22.8 Å². The minimum atomic E-state index is -0.588. The number of halogens is 1. The summed E-state index contributed by atoms with van der Waals surface area (Å²) in [6, 6.07) is 20.1. The van der Waals surface area contributed by atoms with Gasteiger partial charge in [-0.2, -0.15) is 0 Å². The van der Waals surface area contributed by atoms with E-state index in [9.17, 15) is 14.0 Å². The molecule has 2 amide bonds. The van der Waals surface area contributed by atoms with Gasteiger partial charge in [-0.3, -0.25) is 14.5 Å². The molecule has 2 unspecified atom stereocenters. The largest absolute Gasteiger partial charge is 0.320 e. The maximum absolute atomic E-state index is 13.6. The van der Waals surface area contributed by atoms with Crippen molar-refractivity contribution in [3.05, 3.63) is 107 Å². The van der Waals surface area contributed by atoms with Gasteiger partial charge in [-0.25, -0.2) is 14.1 Å². The average Bonchev–Trinajstić information content (AvgIpc) is 3.62. The third kappa shape index (κ3) is 3.78. The Morgan fingerprint density at radius 2 is 1.55 bits per heavy atom. The molecule has 190 valence electrons. The molecule has 3 heterocycles. The molecule has 5 aromatic rings. The number of nitrogens with zero attached hydrogens (tertiary/aromatic N) is 6. The van der Waals surface area contributed by atoms with Gasteiger partial charge in [0.15, 0.2) is 0 Å². The lowest BCUT2D eigenvalue weighted by atomic mass is 9.96. The highest BCUT2D eigenvalue weighted by molar-refractivity contribution is 6.21. The highest BCUT2D eigenvalue weighted by Gasteiger charge is 2.44. The number of hydrogen-bond acceptors (Lipinski definition) is 5. The Morgan fingerprint density at radius 3 is 2.24 bits per heavy atom. The van der Waals surface area contributed by atoms with Crippen LogP contribution in [0.1, 0.15) is 58.5 Å². The number of imide groups is 1. The molecule has 0 N–H and O–H groups in total. The van der Waals surface area contributed by atoms with E-state index in [0.717, 1.165) is 23.1 Å². The van der Waals surface area contributed by atoms with Gasteiger partial charge in [-0.05, 0) is 54.4 Å². The first-order valence-corrected chi connectivity index (χ1v) is 12.6. The van der Waals surface area contributed by atoms with Crippen molar-refractivity contribution in [1.29, 1.82) is 0 Å². The van der Waals surface area contributed by atoms with E-state index in [1.807, 2.05) is 42.7 Å². The molecule has 0 saturated carbocycles. The molecular formula is C29H25FN6O2. The Hall–Kier alpha value is -4.66. The third-order valence-corrected chi connectivity index (χ3v) is 7.25. The van der Waals surface area contributed by atoms with Crippen LogP contribution in [0.25, 0.3) is 16.7 Å². The van der Waals surface area contributed by atoms with Crippen LogP contribution in [0, 0.1) is 11.7 Å². The minimum Gasteiger partial charge on any atom is -0.320 e. The van der Waals surface area contributed by atoms with Crippen molar-refractivity contribution < 1.29 is 14.0 Å². The van der Waals surface area contributed by atoms with E-state index in [0.29, 0.717) is 29.2 Å². The molecule has 0 spiro atoms. The fourth-order valence-corrected chi connectivity index (χ4v) is 5.12. The van der Waals surface area contributed by atoms with Gasteiger partial charge in [0.05, 0.1) is 46.3 Å². The number of imidazole rings is 1. The molecule has 8 nitrogen and oxygen atoms in total. The molecule has 0 aliphatic carbocycles. The Balaban J connectivity index is 1.49. The monoisotopic (exact) mass is 508 g/mol. The van der Waals surface area contributed by atoms with Gasteiger partial charge in [-0.1, -0.05) is 49.7 Å². The predicted molar refractivity (Wildman–Crippen MR) is 139 cm³/mol. The van der Waals surface area contributed by atoms with E-state index in [1.165, 1.54) is 17.0 Å². The van der Waals surface area contributed by atoms with Crippen LogP contribution < -0.4 is 0 Å². The third-order valence-electron chi connectivity index (χ3n) is 7.25. The van der Waals surface area contributed by atoms with E-state index < -0.39 is 6.04 Å². The Kier molecular flexibility index (Phi) is 5.83. The van der Waals surface area contributed by atoms with E-state index in [1.54, 1.807) is 47.3 Å². The van der Waals surface area contributed by atoms with Crippen molar-refractivity contribution in [3.8, 4) is 5.69 Å². The summed E-state index contributed by atoms with van der Waals surface area (Å²) in [6.07, 6.45) is 2.39. The number of benzene rings is 3. The Labute approximate surface area is 218 Å². The number of hydrogen-bond donors (Lipinski definition) is 0. The SMILES string of the molecule is CCC(C)C(c1nc2ccccc2n1Cc1cnnn1-c1ccc(F)cc1)N1C(=O)c2ccccc2C1=O. The summed E-state index contributed by atoms with van der Waals surface area (Å²) in [4.78, 5) is 33.5. The second-order valence-corrected chi connectivity index (χ2v) is 9.51. The van der Waals surface area contributed by atoms with E-state index in [-0.39, 0.29) is 23.5 Å². The van der Waals surface area contributed by atoms with Crippen LogP contribution in [0.2, 0.25) is 0 Å². The molecule has 0 saturated heterocycles. The fraction of sp³-hybridized carbons (Fsp3) is 0.207. The first kappa shape index (κ1) is 23.7. The van der Waals surface area contributed by atoms with Crippen LogP contribution in [0.15, 0.2) is 79.0 Å². The lowest BCUT2D eigenvalue weighted by Crippen LogP contribution is -2.39. The standard InChI is InChI=1S/C29H25FN6O2/c1-3-18(2)26(35-28(37)22-8-4-5-9-23(22)29(35)38)27-32-24-10-6-7-11-25(24)34(27)17-21-16-31-33-36(21)20-14-12-19(30)13-15-20/h4-16,18,26H,3,17H2,1-2H3. The van der Waals surface area contributed by atoms with Crippen molar-refractivity contribution in [2.75, 3.05) is 0 Å². The van der Waals surface area contributed by atoms with E-state index in [2.05, 4.69) is 10.3 Å². The summed E-state index contributed by atoms with van der Waals surface area (Å²) in [5, 5.41) is 8.33. The summed E-state index contributed by atoms with van der Waals surface area (Å²) in [5.41, 5.74) is 3.85. The summed E-state index contributed by atoms with van der Waals surface area (Å²) in [7, 11) is 0. The summed E-state index contributed by atoms with van der Waals surface area (Å²) < 4.78 is 17.2. The molecule has 2 atom stereocenters. The van der Waals surface area contributed by atoms with Gasteiger partial charge >= 0.3 is 0 Å². The van der Waals surface area contributed by atoms with Crippen LogP contribution in [0.4, 0.5) is 4.39 Å². The highest BCUT2D eigenvalue weighted by Crippen LogP contribution is 2.38. The number of carbonyl (C=O) groups is 2. The Bertz CT molecular complexity index is 1640. The molecular weight excluding hydrogens is 483 g/mol.